The van der Waals surface area contributed by atoms with E-state index in [9.17, 15) is 39.6 Å². The van der Waals surface area contributed by atoms with E-state index in [1.165, 1.54) is 59.3 Å². The first-order valence-electron chi connectivity index (χ1n) is 18.5. The summed E-state index contributed by atoms with van der Waals surface area (Å²) in [5.74, 6) is -8.18. The first-order valence-corrected chi connectivity index (χ1v) is 18.5. The van der Waals surface area contributed by atoms with Crippen LogP contribution in [0.1, 0.15) is 71.3 Å². The van der Waals surface area contributed by atoms with Crippen molar-refractivity contribution in [2.45, 2.75) is 92.5 Å². The number of carbonyl (C=O) groups excluding carboxylic acids is 4. The van der Waals surface area contributed by atoms with Gasteiger partial charge in [-0.25, -0.2) is 0 Å². The second-order valence-electron chi connectivity index (χ2n) is 14.6. The first-order chi connectivity index (χ1) is 26.3. The highest BCUT2D eigenvalue weighted by Crippen LogP contribution is 2.54. The van der Waals surface area contributed by atoms with Crippen molar-refractivity contribution in [3.8, 4) is 23.0 Å². The fraction of sp³-hybridized carbons (Fsp3) is 0.512. The molecule has 15 heteroatoms. The molecule has 9 atom stereocenters. The van der Waals surface area contributed by atoms with Crippen molar-refractivity contribution in [3.05, 3.63) is 53.3 Å². The fourth-order valence-corrected chi connectivity index (χ4v) is 7.14. The number of esters is 1. The lowest BCUT2D eigenvalue weighted by Crippen LogP contribution is -2.46. The number of aliphatic hydroxyl groups excluding tert-OH is 2. The molecule has 56 heavy (non-hydrogen) atoms. The van der Waals surface area contributed by atoms with Crippen molar-refractivity contribution in [2.24, 2.45) is 23.7 Å². The number of benzene rings is 2. The molecule has 306 valence electrons. The lowest BCUT2D eigenvalue weighted by molar-refractivity contribution is -0.160. The van der Waals surface area contributed by atoms with Crippen LogP contribution in [-0.4, -0.2) is 94.5 Å². The zero-order valence-electron chi connectivity index (χ0n) is 33.5. The Morgan fingerprint density at radius 2 is 1.66 bits per heavy atom. The third-order valence-electron chi connectivity index (χ3n) is 10.6. The maximum Gasteiger partial charge on any atom is 0.312 e. The van der Waals surface area contributed by atoms with Gasteiger partial charge in [0.05, 0.1) is 41.2 Å². The van der Waals surface area contributed by atoms with E-state index in [0.29, 0.717) is 6.54 Å². The number of hydrogen-bond acceptors (Lipinski definition) is 13. The van der Waals surface area contributed by atoms with Gasteiger partial charge in [0.25, 0.3) is 17.6 Å². The average molecular weight is 783 g/mol. The predicted molar refractivity (Wildman–Crippen MR) is 206 cm³/mol. The number of ketones is 1. The molecule has 3 aliphatic heterocycles. The molecular weight excluding hydrogens is 728 g/mol. The molecule has 0 aliphatic carbocycles. The van der Waals surface area contributed by atoms with E-state index >= 15 is 0 Å². The Hall–Kier alpha value is -5.12. The monoisotopic (exact) mass is 782 g/mol. The average Bonchev–Trinajstić information content (AvgIpc) is 3.42. The van der Waals surface area contributed by atoms with Crippen LogP contribution in [0, 0.1) is 30.6 Å². The molecule has 0 saturated carbocycles. The number of methoxy groups -OCH3 is 1. The van der Waals surface area contributed by atoms with E-state index in [-0.39, 0.29) is 44.7 Å². The van der Waals surface area contributed by atoms with Crippen LogP contribution in [-0.2, 0) is 28.6 Å². The van der Waals surface area contributed by atoms with Gasteiger partial charge < -0.3 is 54.7 Å². The molecule has 5 bridgehead atoms. The third kappa shape index (κ3) is 8.79. The molecule has 0 unspecified atom stereocenters. The molecule has 0 radical (unpaired) electrons. The second-order valence-corrected chi connectivity index (χ2v) is 14.6. The zero-order chi connectivity index (χ0) is 41.8. The molecule has 0 fully saturated rings. The van der Waals surface area contributed by atoms with Gasteiger partial charge in [0.1, 0.15) is 23.4 Å². The molecular formula is C41H54N2O13. The highest BCUT2D eigenvalue weighted by molar-refractivity contribution is 6.21. The summed E-state index contributed by atoms with van der Waals surface area (Å²) in [5, 5.41) is 50.7. The number of carbonyl (C=O) groups is 4. The van der Waals surface area contributed by atoms with Crippen molar-refractivity contribution < 1.29 is 63.3 Å². The van der Waals surface area contributed by atoms with Gasteiger partial charge in [-0.3, -0.25) is 19.2 Å². The van der Waals surface area contributed by atoms with E-state index < -0.39 is 95.5 Å². The molecule has 0 aromatic heterocycles. The number of likely N-dealkylation sites (N-methyl/N-ethyl adjacent to an activating group) is 1. The summed E-state index contributed by atoms with van der Waals surface area (Å²) in [7, 11) is 1.43. The molecule has 3 aliphatic rings. The summed E-state index contributed by atoms with van der Waals surface area (Å²) < 4.78 is 29.4. The van der Waals surface area contributed by atoms with Crippen LogP contribution in [0.15, 0.2) is 42.2 Å². The number of anilines is 1. The summed E-state index contributed by atoms with van der Waals surface area (Å²) in [4.78, 5) is 52.6. The number of aromatic hydroxyl groups is 2. The van der Waals surface area contributed by atoms with Gasteiger partial charge in [-0.15, -0.1) is 0 Å². The molecule has 2 aromatic rings. The van der Waals surface area contributed by atoms with Crippen LogP contribution < -0.4 is 20.1 Å². The molecule has 0 saturated heterocycles. The van der Waals surface area contributed by atoms with E-state index in [4.69, 9.17) is 23.7 Å². The molecule has 6 N–H and O–H groups in total. The number of phenols is 2. The van der Waals surface area contributed by atoms with Crippen molar-refractivity contribution in [2.75, 3.05) is 25.6 Å². The van der Waals surface area contributed by atoms with Gasteiger partial charge in [-0.1, -0.05) is 45.9 Å². The van der Waals surface area contributed by atoms with E-state index in [2.05, 4.69) is 10.6 Å². The van der Waals surface area contributed by atoms with Crippen LogP contribution in [0.25, 0.3) is 10.8 Å². The second kappa shape index (κ2) is 17.8. The van der Waals surface area contributed by atoms with Crippen LogP contribution in [0.3, 0.4) is 0 Å². The largest absolute Gasteiger partial charge is 0.507 e. The summed E-state index contributed by atoms with van der Waals surface area (Å²) in [6.07, 6.45) is 3.57. The van der Waals surface area contributed by atoms with Gasteiger partial charge >= 0.3 is 11.8 Å². The first kappa shape index (κ1) is 43.6. The number of hydrogen-bond donors (Lipinski definition) is 6. The Labute approximate surface area is 326 Å². The summed E-state index contributed by atoms with van der Waals surface area (Å²) in [5.41, 5.74) is -0.0351. The van der Waals surface area contributed by atoms with Crippen LogP contribution >= 0.6 is 0 Å². The Balaban J connectivity index is 1.93. The van der Waals surface area contributed by atoms with E-state index in [0.717, 1.165) is 0 Å². The number of phenolic OH excluding ortho intramolecular Hbond substituents is 2. The van der Waals surface area contributed by atoms with Crippen molar-refractivity contribution in [1.82, 2.24) is 5.32 Å². The molecule has 15 nitrogen and oxygen atoms in total. The summed E-state index contributed by atoms with van der Waals surface area (Å²) in [6.45, 7) is 14.0. The lowest BCUT2D eigenvalue weighted by Gasteiger charge is -2.38. The van der Waals surface area contributed by atoms with Gasteiger partial charge in [0.2, 0.25) is 0 Å². The highest BCUT2D eigenvalue weighted by atomic mass is 16.7. The predicted octanol–water partition coefficient (Wildman–Crippen LogP) is 4.56. The minimum Gasteiger partial charge on any atom is -0.507 e. The van der Waals surface area contributed by atoms with Crippen LogP contribution in [0.2, 0.25) is 0 Å². The number of ether oxygens (including phenoxy) is 5. The quantitative estimate of drug-likeness (QED) is 0.175. The van der Waals surface area contributed by atoms with Crippen LogP contribution in [0.5, 0.6) is 23.0 Å². The van der Waals surface area contributed by atoms with E-state index in [1.807, 2.05) is 0 Å². The number of Topliss-reactive ketones (excluding diaryl/α,β-unsaturated/α-hetero) is 1. The number of nitrogens with one attached hydrogen (secondary N) is 2. The number of fused-ring (bicyclic) bond motifs is 14. The van der Waals surface area contributed by atoms with Gasteiger partial charge in [-0.05, 0) is 26.8 Å². The topological polar surface area (TPSA) is 219 Å². The Bertz CT molecular complexity index is 1940. The standard InChI is InChI=1S/C41H54N2O13/c1-11-42-29(45)18-53-28-17-26-36(49)31-30(28)32-38(24(7)35(31)48)56-41(9,39(32)50)54-16-15-27(52-10)21(4)37(55-25(8)44)23(6)34(47)22(5)33(46)19(2)13-12-14-20(3)40(51)43-26/h12-17,19,21-23,27,33-34,37,46-49H,11,18H2,1-10H3,(H,42,45)(H,43,51)/b13-12+,16-15+,20-14-/t19-,21+,22-,23-,27+,33+,34-,37+,41+/m1/s1. The van der Waals surface area contributed by atoms with Crippen molar-refractivity contribution in [3.63, 3.8) is 0 Å². The zero-order valence-corrected chi connectivity index (χ0v) is 33.5. The Kier molecular flexibility index (Phi) is 13.8. The maximum absolute atomic E-state index is 14.3. The smallest absolute Gasteiger partial charge is 0.312 e. The Morgan fingerprint density at radius 3 is 2.29 bits per heavy atom. The number of amides is 2. The molecule has 0 spiro atoms. The highest BCUT2D eigenvalue weighted by Gasteiger charge is 2.49. The number of aliphatic hydroxyl groups is 2. The van der Waals surface area contributed by atoms with Crippen LogP contribution in [0.4, 0.5) is 5.69 Å². The van der Waals surface area contributed by atoms with Gasteiger partial charge in [0.15, 0.2) is 12.4 Å². The molecule has 2 aromatic carbocycles. The number of rotatable bonds is 6. The van der Waals surface area contributed by atoms with Gasteiger partial charge in [-0.2, -0.15) is 0 Å². The minimum atomic E-state index is -2.02. The van der Waals surface area contributed by atoms with E-state index in [1.54, 1.807) is 46.8 Å². The fourth-order valence-electron chi connectivity index (χ4n) is 7.14. The van der Waals surface area contributed by atoms with Gasteiger partial charge in [0, 0.05) is 73.8 Å². The molecule has 3 heterocycles. The minimum absolute atomic E-state index is 0.0639. The Morgan fingerprint density at radius 1 is 0.982 bits per heavy atom. The lowest BCUT2D eigenvalue weighted by atomic mass is 9.78. The van der Waals surface area contributed by atoms with Crippen molar-refractivity contribution >= 4 is 40.0 Å². The molecule has 5 rings (SSSR count). The maximum atomic E-state index is 14.3. The van der Waals surface area contributed by atoms with Crippen molar-refractivity contribution in [1.29, 1.82) is 0 Å². The molecule has 2 amide bonds. The number of allylic oxidation sites excluding steroid dienone is 2. The summed E-state index contributed by atoms with van der Waals surface area (Å²) in [6, 6.07) is 1.24. The third-order valence-corrected chi connectivity index (χ3v) is 10.6. The summed E-state index contributed by atoms with van der Waals surface area (Å²) >= 11 is 0. The normalized spacial score (nSPS) is 30.8. The SMILES string of the molecule is CCNC(=O)COc1cc2c(O)c3c(O)c(C)c4c(c13)C(=O)[C@@](C)(O/C=C/[C@H](OC)[C@H](C)[C@H](OC(C)=O)[C@H](C)[C@H](O)[C@H](C)[C@@H](O)[C@H](C)/C=C/C=C(/C)C(=O)N2)O4.